The summed E-state index contributed by atoms with van der Waals surface area (Å²) >= 11 is -0.386. The Balaban J connectivity index is 2.36. The highest BCUT2D eigenvalue weighted by Crippen LogP contribution is 2.27. The third-order valence-electron chi connectivity index (χ3n) is 2.51. The lowest BCUT2D eigenvalue weighted by molar-refractivity contribution is 0.560. The van der Waals surface area contributed by atoms with Crippen LogP contribution in [0, 0.1) is 5.82 Å². The molecule has 0 aliphatic heterocycles. The molecule has 0 radical (unpaired) electrons. The molecule has 0 saturated heterocycles. The highest BCUT2D eigenvalue weighted by Gasteiger charge is 2.17. The molecule has 0 fully saturated rings. The Bertz CT molecular complexity index is 511. The van der Waals surface area contributed by atoms with E-state index in [1.165, 1.54) is 23.5 Å². The maximum absolute atomic E-state index is 13.2. The van der Waals surface area contributed by atoms with Crippen molar-refractivity contribution >= 4 is 22.4 Å². The predicted octanol–water partition coefficient (Wildman–Crippen LogP) is 3.24. The van der Waals surface area contributed by atoms with Gasteiger partial charge in [0.05, 0.1) is 5.75 Å². The number of halogens is 1. The van der Waals surface area contributed by atoms with Crippen molar-refractivity contribution in [3.8, 4) is 0 Å². The maximum atomic E-state index is 13.2. The molecular weight excluding hydrogens is 259 g/mol. The van der Waals surface area contributed by atoms with Crippen molar-refractivity contribution in [2.75, 3.05) is 5.75 Å². The molecule has 2 rings (SSSR count). The molecule has 0 amide bonds. The molecule has 0 saturated carbocycles. The van der Waals surface area contributed by atoms with Crippen LogP contribution < -0.4 is 0 Å². The van der Waals surface area contributed by atoms with Gasteiger partial charge in [-0.25, -0.2) is 8.60 Å². The molecule has 2 aromatic rings. The fourth-order valence-electron chi connectivity index (χ4n) is 1.72. The van der Waals surface area contributed by atoms with Crippen molar-refractivity contribution in [3.63, 3.8) is 0 Å². The van der Waals surface area contributed by atoms with Crippen LogP contribution in [0.15, 0.2) is 41.1 Å². The molecule has 90 valence electrons. The van der Waals surface area contributed by atoms with Gasteiger partial charge >= 0.3 is 0 Å². The van der Waals surface area contributed by atoms with Crippen LogP contribution in [0.3, 0.4) is 0 Å². The van der Waals surface area contributed by atoms with Crippen molar-refractivity contribution in [2.24, 2.45) is 0 Å². The summed E-state index contributed by atoms with van der Waals surface area (Å²) in [5, 5.41) is 3.82. The van der Waals surface area contributed by atoms with Crippen LogP contribution in [0.5, 0.6) is 0 Å². The van der Waals surface area contributed by atoms with Gasteiger partial charge in [-0.15, -0.1) is 0 Å². The Hall–Kier alpha value is -1.04. The molecule has 0 bridgehead atoms. The molecular formula is C12H11FO2S2. The summed E-state index contributed by atoms with van der Waals surface area (Å²) in [6.07, 6.45) is 0. The topological polar surface area (TPSA) is 37.3 Å². The van der Waals surface area contributed by atoms with Crippen LogP contribution in [-0.4, -0.2) is 14.5 Å². The van der Waals surface area contributed by atoms with E-state index in [4.69, 9.17) is 4.55 Å². The average molecular weight is 270 g/mol. The van der Waals surface area contributed by atoms with Crippen molar-refractivity contribution in [2.45, 2.75) is 5.92 Å². The summed E-state index contributed by atoms with van der Waals surface area (Å²) in [7, 11) is 0. The Morgan fingerprint density at radius 3 is 2.76 bits per heavy atom. The van der Waals surface area contributed by atoms with E-state index < -0.39 is 11.1 Å². The van der Waals surface area contributed by atoms with Gasteiger partial charge in [-0.1, -0.05) is 12.1 Å². The lowest BCUT2D eigenvalue weighted by atomic mass is 9.95. The first-order chi connectivity index (χ1) is 8.16. The molecule has 0 spiro atoms. The summed E-state index contributed by atoms with van der Waals surface area (Å²) < 4.78 is 33.2. The van der Waals surface area contributed by atoms with Crippen molar-refractivity contribution < 1.29 is 13.2 Å². The van der Waals surface area contributed by atoms with E-state index in [1.54, 1.807) is 12.1 Å². The number of hydrogen-bond donors (Lipinski definition) is 1. The molecule has 1 N–H and O–H groups in total. The number of thiophene rings is 1. The molecule has 0 aliphatic rings. The van der Waals surface area contributed by atoms with E-state index in [1.807, 2.05) is 16.8 Å². The van der Waals surface area contributed by atoms with E-state index in [0.29, 0.717) is 0 Å². The standard InChI is InChI=1S/C12H11FO2S2/c13-11-3-1-2-9(6-11)12(8-17(14)15)10-4-5-16-7-10/h1-7,12H,8H2,(H,14,15). The van der Waals surface area contributed by atoms with Gasteiger partial charge in [0.25, 0.3) is 0 Å². The van der Waals surface area contributed by atoms with E-state index in [-0.39, 0.29) is 17.5 Å². The third-order valence-corrected chi connectivity index (χ3v) is 3.83. The summed E-state index contributed by atoms with van der Waals surface area (Å²) in [5.74, 6) is -0.477. The van der Waals surface area contributed by atoms with Gasteiger partial charge < -0.3 is 4.55 Å². The molecule has 2 unspecified atom stereocenters. The number of rotatable bonds is 4. The van der Waals surface area contributed by atoms with Crippen molar-refractivity contribution in [3.05, 3.63) is 58.0 Å². The van der Waals surface area contributed by atoms with Crippen molar-refractivity contribution in [1.82, 2.24) is 0 Å². The molecule has 0 aliphatic carbocycles. The molecule has 5 heteroatoms. The highest BCUT2D eigenvalue weighted by molar-refractivity contribution is 7.79. The molecule has 1 aromatic heterocycles. The average Bonchev–Trinajstić information content (AvgIpc) is 2.79. The quantitative estimate of drug-likeness (QED) is 0.866. The summed E-state index contributed by atoms with van der Waals surface area (Å²) in [6.45, 7) is 0. The van der Waals surface area contributed by atoms with Gasteiger partial charge in [-0.05, 0) is 40.1 Å². The first-order valence-electron chi connectivity index (χ1n) is 5.02. The Morgan fingerprint density at radius 2 is 2.18 bits per heavy atom. The predicted molar refractivity (Wildman–Crippen MR) is 68.2 cm³/mol. The first-order valence-corrected chi connectivity index (χ1v) is 7.23. The fourth-order valence-corrected chi connectivity index (χ4v) is 3.11. The largest absolute Gasteiger partial charge is 0.306 e. The molecule has 1 aromatic carbocycles. The van der Waals surface area contributed by atoms with Crippen molar-refractivity contribution in [1.29, 1.82) is 0 Å². The summed E-state index contributed by atoms with van der Waals surface area (Å²) in [6, 6.07) is 8.06. The smallest absolute Gasteiger partial charge is 0.153 e. The first kappa shape index (κ1) is 12.4. The Morgan fingerprint density at radius 1 is 1.35 bits per heavy atom. The molecule has 2 atom stereocenters. The maximum Gasteiger partial charge on any atom is 0.153 e. The van der Waals surface area contributed by atoms with Crippen LogP contribution in [0.25, 0.3) is 0 Å². The van der Waals surface area contributed by atoms with Crippen LogP contribution >= 0.6 is 11.3 Å². The Labute approximate surface area is 105 Å². The van der Waals surface area contributed by atoms with Gasteiger partial charge in [-0.2, -0.15) is 11.3 Å². The zero-order valence-corrected chi connectivity index (χ0v) is 10.5. The van der Waals surface area contributed by atoms with Gasteiger partial charge in [0.2, 0.25) is 0 Å². The van der Waals surface area contributed by atoms with Gasteiger partial charge in [-0.3, -0.25) is 0 Å². The molecule has 1 heterocycles. The van der Waals surface area contributed by atoms with Crippen LogP contribution in [0.2, 0.25) is 0 Å². The number of benzene rings is 1. The van der Waals surface area contributed by atoms with E-state index in [0.717, 1.165) is 11.1 Å². The Kier molecular flexibility index (Phi) is 4.04. The number of hydrogen-bond acceptors (Lipinski definition) is 2. The van der Waals surface area contributed by atoms with Gasteiger partial charge in [0.15, 0.2) is 11.1 Å². The minimum atomic E-state index is -1.91. The zero-order chi connectivity index (χ0) is 12.3. The van der Waals surface area contributed by atoms with Crippen LogP contribution in [0.4, 0.5) is 4.39 Å². The second kappa shape index (κ2) is 5.53. The minimum absolute atomic E-state index is 0.0835. The summed E-state index contributed by atoms with van der Waals surface area (Å²) in [5.41, 5.74) is 1.67. The zero-order valence-electron chi connectivity index (χ0n) is 8.88. The molecule has 2 nitrogen and oxygen atoms in total. The second-order valence-corrected chi connectivity index (χ2v) is 5.41. The SMILES string of the molecule is O=S(O)CC(c1ccsc1)c1cccc(F)c1. The second-order valence-electron chi connectivity index (χ2n) is 3.65. The van der Waals surface area contributed by atoms with E-state index >= 15 is 0 Å². The lowest BCUT2D eigenvalue weighted by Crippen LogP contribution is -2.10. The lowest BCUT2D eigenvalue weighted by Gasteiger charge is -2.14. The van der Waals surface area contributed by atoms with Crippen LogP contribution in [-0.2, 0) is 11.1 Å². The highest BCUT2D eigenvalue weighted by atomic mass is 32.2. The monoisotopic (exact) mass is 270 g/mol. The molecule has 17 heavy (non-hydrogen) atoms. The normalized spacial score (nSPS) is 14.5. The van der Waals surface area contributed by atoms with Gasteiger partial charge in [0, 0.05) is 5.92 Å². The van der Waals surface area contributed by atoms with E-state index in [9.17, 15) is 8.60 Å². The minimum Gasteiger partial charge on any atom is -0.306 e. The summed E-state index contributed by atoms with van der Waals surface area (Å²) in [4.78, 5) is 0. The van der Waals surface area contributed by atoms with Crippen LogP contribution in [0.1, 0.15) is 17.0 Å². The fraction of sp³-hybridized carbons (Fsp3) is 0.167. The van der Waals surface area contributed by atoms with E-state index in [2.05, 4.69) is 0 Å². The van der Waals surface area contributed by atoms with Gasteiger partial charge in [0.1, 0.15) is 5.82 Å². The third kappa shape index (κ3) is 3.21.